The predicted molar refractivity (Wildman–Crippen MR) is 99.6 cm³/mol. The van der Waals surface area contributed by atoms with Crippen molar-refractivity contribution < 1.29 is 14.3 Å². The molecule has 3 aromatic carbocycles. The smallest absolute Gasteiger partial charge is 0.410 e. The first-order valence-electron chi connectivity index (χ1n) is 8.11. The van der Waals surface area contributed by atoms with E-state index in [4.69, 9.17) is 10.5 Å². The fraction of sp³-hybridized carbons (Fsp3) is 0.0476. The summed E-state index contributed by atoms with van der Waals surface area (Å²) in [5.74, 6) is -0.0737. The van der Waals surface area contributed by atoms with Crippen LogP contribution in [0, 0.1) is 0 Å². The van der Waals surface area contributed by atoms with Gasteiger partial charge in [-0.3, -0.25) is 4.79 Å². The number of imide groups is 1. The minimum atomic E-state index is -0.734. The number of hydrogen-bond acceptors (Lipinski definition) is 4. The van der Waals surface area contributed by atoms with Gasteiger partial charge < -0.3 is 10.5 Å². The average Bonchev–Trinajstić information content (AvgIpc) is 2.68. The highest BCUT2D eigenvalue weighted by Crippen LogP contribution is 2.16. The molecule has 3 aromatic rings. The van der Waals surface area contributed by atoms with Crippen molar-refractivity contribution in [3.8, 4) is 5.75 Å². The van der Waals surface area contributed by atoms with Crippen molar-refractivity contribution >= 4 is 17.7 Å². The topological polar surface area (TPSA) is 72.6 Å². The lowest BCUT2D eigenvalue weighted by atomic mass is 10.1. The number of nitrogen functional groups attached to an aromatic ring is 1. The number of para-hydroxylation sites is 1. The number of nitrogens with zero attached hydrogens (tertiary/aromatic N) is 1. The summed E-state index contributed by atoms with van der Waals surface area (Å²) < 4.78 is 5.36. The van der Waals surface area contributed by atoms with Gasteiger partial charge in [0.15, 0.2) is 0 Å². The molecule has 0 aliphatic heterocycles. The van der Waals surface area contributed by atoms with E-state index in [0.717, 1.165) is 10.5 Å². The molecule has 0 aliphatic carbocycles. The van der Waals surface area contributed by atoms with Gasteiger partial charge in [-0.1, -0.05) is 48.5 Å². The molecule has 0 unspecified atom stereocenters. The van der Waals surface area contributed by atoms with Crippen LogP contribution in [0.1, 0.15) is 15.9 Å². The second-order valence-electron chi connectivity index (χ2n) is 5.68. The van der Waals surface area contributed by atoms with Crippen LogP contribution in [0.3, 0.4) is 0 Å². The number of nitrogens with two attached hydrogens (primary N) is 1. The number of amides is 2. The summed E-state index contributed by atoms with van der Waals surface area (Å²) in [6.07, 6.45) is -0.734. The monoisotopic (exact) mass is 346 g/mol. The molecule has 5 heteroatoms. The number of anilines is 1. The molecule has 0 saturated heterocycles. The van der Waals surface area contributed by atoms with Gasteiger partial charge in [0, 0.05) is 11.3 Å². The molecule has 0 saturated carbocycles. The largest absolute Gasteiger partial charge is 0.422 e. The Labute approximate surface area is 151 Å². The Morgan fingerprint density at radius 3 is 2.00 bits per heavy atom. The number of hydrogen-bond donors (Lipinski definition) is 1. The lowest BCUT2D eigenvalue weighted by molar-refractivity contribution is 0.0741. The Morgan fingerprint density at radius 2 is 1.38 bits per heavy atom. The summed E-state index contributed by atoms with van der Waals surface area (Å²) in [5, 5.41) is 0. The van der Waals surface area contributed by atoms with Gasteiger partial charge in [0.25, 0.3) is 5.91 Å². The Morgan fingerprint density at radius 1 is 0.808 bits per heavy atom. The van der Waals surface area contributed by atoms with Gasteiger partial charge in [-0.25, -0.2) is 9.69 Å². The molecule has 5 nitrogen and oxygen atoms in total. The lowest BCUT2D eigenvalue weighted by Crippen LogP contribution is -2.38. The fourth-order valence-electron chi connectivity index (χ4n) is 2.41. The molecule has 26 heavy (non-hydrogen) atoms. The van der Waals surface area contributed by atoms with E-state index < -0.39 is 12.0 Å². The van der Waals surface area contributed by atoms with Gasteiger partial charge in [0.2, 0.25) is 0 Å². The van der Waals surface area contributed by atoms with E-state index in [9.17, 15) is 9.59 Å². The van der Waals surface area contributed by atoms with Crippen LogP contribution in [0.2, 0.25) is 0 Å². The fourth-order valence-corrected chi connectivity index (χ4v) is 2.41. The summed E-state index contributed by atoms with van der Waals surface area (Å²) in [6, 6.07) is 24.3. The lowest BCUT2D eigenvalue weighted by Gasteiger charge is -2.20. The first-order valence-corrected chi connectivity index (χ1v) is 8.11. The molecule has 2 N–H and O–H groups in total. The maximum absolute atomic E-state index is 12.9. The molecule has 0 heterocycles. The third-order valence-corrected chi connectivity index (χ3v) is 3.76. The first-order chi connectivity index (χ1) is 12.6. The first kappa shape index (κ1) is 17.2. The van der Waals surface area contributed by atoms with E-state index in [1.165, 1.54) is 0 Å². The molecule has 2 amide bonds. The zero-order chi connectivity index (χ0) is 18.4. The standard InChI is InChI=1S/C21H18N2O3/c22-18-13-11-17(12-14-18)20(24)23(15-16-7-3-1-4-8-16)21(25)26-19-9-5-2-6-10-19/h1-14H,15,22H2. The Hall–Kier alpha value is -3.60. The van der Waals surface area contributed by atoms with Crippen LogP contribution in [0.4, 0.5) is 10.5 Å². The van der Waals surface area contributed by atoms with Gasteiger partial charge in [-0.2, -0.15) is 0 Å². The molecule has 0 fully saturated rings. The van der Waals surface area contributed by atoms with E-state index in [-0.39, 0.29) is 6.54 Å². The Balaban J connectivity index is 1.86. The average molecular weight is 346 g/mol. The highest BCUT2D eigenvalue weighted by molar-refractivity contribution is 6.03. The van der Waals surface area contributed by atoms with E-state index in [1.54, 1.807) is 48.5 Å². The molecule has 130 valence electrons. The second kappa shape index (κ2) is 7.98. The number of ether oxygens (including phenoxy) is 1. The molecule has 0 aromatic heterocycles. The van der Waals surface area contributed by atoms with Crippen LogP contribution in [0.25, 0.3) is 0 Å². The summed E-state index contributed by atoms with van der Waals surface area (Å²) in [6.45, 7) is 0.107. The van der Waals surface area contributed by atoms with E-state index in [0.29, 0.717) is 17.0 Å². The SMILES string of the molecule is Nc1ccc(C(=O)N(Cc2ccccc2)C(=O)Oc2ccccc2)cc1. The highest BCUT2D eigenvalue weighted by atomic mass is 16.6. The number of rotatable bonds is 4. The van der Waals surface area contributed by atoms with Crippen LogP contribution in [0.15, 0.2) is 84.9 Å². The number of carbonyl (C=O) groups is 2. The summed E-state index contributed by atoms with van der Waals surface area (Å²) in [7, 11) is 0. The van der Waals surface area contributed by atoms with Crippen molar-refractivity contribution in [3.05, 3.63) is 96.1 Å². The predicted octanol–water partition coefficient (Wildman–Crippen LogP) is 4.11. The van der Waals surface area contributed by atoms with E-state index in [1.807, 2.05) is 36.4 Å². The van der Waals surface area contributed by atoms with Crippen molar-refractivity contribution in [2.24, 2.45) is 0 Å². The second-order valence-corrected chi connectivity index (χ2v) is 5.68. The van der Waals surface area contributed by atoms with Gasteiger partial charge in [0.1, 0.15) is 5.75 Å². The molecule has 3 rings (SSSR count). The summed E-state index contributed by atoms with van der Waals surface area (Å²) >= 11 is 0. The van der Waals surface area contributed by atoms with Gasteiger partial charge in [0.05, 0.1) is 6.54 Å². The van der Waals surface area contributed by atoms with Crippen molar-refractivity contribution in [2.75, 3.05) is 5.73 Å². The minimum absolute atomic E-state index is 0.107. The molecule has 0 radical (unpaired) electrons. The maximum atomic E-state index is 12.9. The zero-order valence-electron chi connectivity index (χ0n) is 14.0. The van der Waals surface area contributed by atoms with Crippen molar-refractivity contribution in [1.82, 2.24) is 4.90 Å². The number of carbonyl (C=O) groups excluding carboxylic acids is 2. The molecular weight excluding hydrogens is 328 g/mol. The van der Waals surface area contributed by atoms with Crippen molar-refractivity contribution in [3.63, 3.8) is 0 Å². The van der Waals surface area contributed by atoms with Crippen LogP contribution >= 0.6 is 0 Å². The molecule has 0 spiro atoms. The summed E-state index contributed by atoms with van der Waals surface area (Å²) in [5.41, 5.74) is 7.40. The third-order valence-electron chi connectivity index (χ3n) is 3.76. The summed E-state index contributed by atoms with van der Waals surface area (Å²) in [4.78, 5) is 26.6. The molecule has 0 atom stereocenters. The van der Waals surface area contributed by atoms with Crippen LogP contribution in [-0.2, 0) is 6.54 Å². The third kappa shape index (κ3) is 4.27. The van der Waals surface area contributed by atoms with Gasteiger partial charge >= 0.3 is 6.09 Å². The maximum Gasteiger partial charge on any atom is 0.422 e. The Bertz CT molecular complexity index is 878. The quantitative estimate of drug-likeness (QED) is 0.722. The zero-order valence-corrected chi connectivity index (χ0v) is 14.0. The Kier molecular flexibility index (Phi) is 5.29. The van der Waals surface area contributed by atoms with Crippen LogP contribution in [-0.4, -0.2) is 16.9 Å². The van der Waals surface area contributed by atoms with Crippen LogP contribution < -0.4 is 10.5 Å². The van der Waals surface area contributed by atoms with E-state index in [2.05, 4.69) is 0 Å². The molecule has 0 aliphatic rings. The van der Waals surface area contributed by atoms with Gasteiger partial charge in [-0.15, -0.1) is 0 Å². The molecule has 0 bridgehead atoms. The normalized spacial score (nSPS) is 10.2. The van der Waals surface area contributed by atoms with Crippen LogP contribution in [0.5, 0.6) is 5.75 Å². The van der Waals surface area contributed by atoms with E-state index >= 15 is 0 Å². The van der Waals surface area contributed by atoms with Gasteiger partial charge in [-0.05, 0) is 42.0 Å². The minimum Gasteiger partial charge on any atom is -0.410 e. The van der Waals surface area contributed by atoms with Crippen molar-refractivity contribution in [1.29, 1.82) is 0 Å². The highest BCUT2D eigenvalue weighted by Gasteiger charge is 2.25. The number of benzene rings is 3. The van der Waals surface area contributed by atoms with Crippen molar-refractivity contribution in [2.45, 2.75) is 6.54 Å². The molecular formula is C21H18N2O3.